The van der Waals surface area contributed by atoms with Crippen LogP contribution in [0, 0.1) is 13.8 Å². The summed E-state index contributed by atoms with van der Waals surface area (Å²) in [6, 6.07) is 12.3. The van der Waals surface area contributed by atoms with E-state index in [-0.39, 0.29) is 11.3 Å². The fourth-order valence-electron chi connectivity index (χ4n) is 3.04. The van der Waals surface area contributed by atoms with Gasteiger partial charge in [0.15, 0.2) is 0 Å². The summed E-state index contributed by atoms with van der Waals surface area (Å²) >= 11 is 0. The zero-order chi connectivity index (χ0) is 15.6. The zero-order valence-corrected chi connectivity index (χ0v) is 13.2. The maximum Gasteiger partial charge on any atom is 0.230 e. The Balaban J connectivity index is 1.64. The normalized spacial score (nSPS) is 15.4. The van der Waals surface area contributed by atoms with Gasteiger partial charge in [-0.25, -0.2) is 0 Å². The van der Waals surface area contributed by atoms with Gasteiger partial charge in [0.25, 0.3) is 0 Å². The predicted molar refractivity (Wildman–Crippen MR) is 87.8 cm³/mol. The van der Waals surface area contributed by atoms with Crippen LogP contribution in [0.1, 0.15) is 35.2 Å². The Morgan fingerprint density at radius 2 is 1.91 bits per heavy atom. The van der Waals surface area contributed by atoms with Crippen LogP contribution >= 0.6 is 0 Å². The van der Waals surface area contributed by atoms with E-state index < -0.39 is 0 Å². The van der Waals surface area contributed by atoms with Gasteiger partial charge in [0, 0.05) is 24.9 Å². The quantitative estimate of drug-likeness (QED) is 0.920. The van der Waals surface area contributed by atoms with E-state index in [2.05, 4.69) is 42.3 Å². The van der Waals surface area contributed by atoms with Crippen molar-refractivity contribution in [2.75, 3.05) is 6.54 Å². The van der Waals surface area contributed by atoms with Crippen LogP contribution < -0.4 is 5.32 Å². The van der Waals surface area contributed by atoms with Crippen LogP contribution in [0.5, 0.6) is 0 Å². The van der Waals surface area contributed by atoms with Gasteiger partial charge in [-0.15, -0.1) is 0 Å². The Hall–Kier alpha value is -2.16. The molecule has 0 aliphatic heterocycles. The number of carbonyl (C=O) groups is 1. The molecule has 1 aliphatic carbocycles. The summed E-state index contributed by atoms with van der Waals surface area (Å²) in [6.45, 7) is 4.82. The monoisotopic (exact) mass is 294 g/mol. The van der Waals surface area contributed by atoms with Gasteiger partial charge < -0.3 is 5.32 Å². The zero-order valence-electron chi connectivity index (χ0n) is 13.2. The van der Waals surface area contributed by atoms with Crippen LogP contribution in [0.4, 0.5) is 0 Å². The number of aryl methyl sites for hydroxylation is 2. The summed E-state index contributed by atoms with van der Waals surface area (Å²) in [6.07, 6.45) is 4.46. The number of nitrogens with one attached hydrogen (secondary N) is 1. The minimum absolute atomic E-state index is 0.161. The van der Waals surface area contributed by atoms with Crippen LogP contribution in [0.3, 0.4) is 0 Å². The molecule has 3 rings (SSSR count). The number of hydrogen-bond acceptors (Lipinski definition) is 2. The van der Waals surface area contributed by atoms with E-state index >= 15 is 0 Å². The molecule has 2 aromatic rings. The second-order valence-electron chi connectivity index (χ2n) is 6.29. The predicted octanol–water partition coefficient (Wildman–Crippen LogP) is 3.09. The summed E-state index contributed by atoms with van der Waals surface area (Å²) in [5.41, 5.74) is 4.34. The number of benzene rings is 1. The molecule has 1 amide bonds. The van der Waals surface area contributed by atoms with Gasteiger partial charge in [0.05, 0.1) is 5.41 Å². The van der Waals surface area contributed by atoms with Crippen LogP contribution in [0.25, 0.3) is 0 Å². The minimum atomic E-state index is -0.291. The molecule has 0 radical (unpaired) electrons. The molecule has 0 saturated heterocycles. The first-order chi connectivity index (χ1) is 10.6. The first-order valence-electron chi connectivity index (χ1n) is 7.87. The van der Waals surface area contributed by atoms with E-state index in [1.807, 2.05) is 18.2 Å². The van der Waals surface area contributed by atoms with Crippen molar-refractivity contribution in [3.8, 4) is 0 Å². The number of pyridine rings is 1. The van der Waals surface area contributed by atoms with Crippen LogP contribution in [0.15, 0.2) is 42.6 Å². The minimum Gasteiger partial charge on any atom is -0.355 e. The molecule has 1 saturated carbocycles. The van der Waals surface area contributed by atoms with Crippen molar-refractivity contribution < 1.29 is 4.79 Å². The molecule has 1 N–H and O–H groups in total. The second kappa shape index (κ2) is 5.91. The number of nitrogens with zero attached hydrogens (tertiary/aromatic N) is 1. The lowest BCUT2D eigenvalue weighted by atomic mass is 9.92. The molecule has 3 nitrogen and oxygen atoms in total. The Morgan fingerprint density at radius 1 is 1.18 bits per heavy atom. The summed E-state index contributed by atoms with van der Waals surface area (Å²) in [7, 11) is 0. The maximum absolute atomic E-state index is 12.6. The topological polar surface area (TPSA) is 42.0 Å². The summed E-state index contributed by atoms with van der Waals surface area (Å²) in [4.78, 5) is 16.9. The molecule has 1 aromatic carbocycles. The first-order valence-corrected chi connectivity index (χ1v) is 7.87. The molecule has 0 atom stereocenters. The van der Waals surface area contributed by atoms with Crippen molar-refractivity contribution in [2.45, 2.75) is 38.5 Å². The highest BCUT2D eigenvalue weighted by atomic mass is 16.2. The smallest absolute Gasteiger partial charge is 0.230 e. The Bertz CT molecular complexity index is 655. The van der Waals surface area contributed by atoms with Gasteiger partial charge in [-0.3, -0.25) is 9.78 Å². The molecule has 0 spiro atoms. The molecular formula is C19H22N2O. The highest BCUT2D eigenvalue weighted by molar-refractivity contribution is 5.91. The molecule has 114 valence electrons. The number of rotatable bonds is 5. The van der Waals surface area contributed by atoms with Crippen molar-refractivity contribution in [2.24, 2.45) is 0 Å². The van der Waals surface area contributed by atoms with Gasteiger partial charge >= 0.3 is 0 Å². The number of hydrogen-bond donors (Lipinski definition) is 1. The Labute approximate surface area is 131 Å². The third-order valence-corrected chi connectivity index (χ3v) is 4.35. The maximum atomic E-state index is 12.6. The van der Waals surface area contributed by atoms with Crippen LogP contribution in [-0.2, 0) is 16.6 Å². The first kappa shape index (κ1) is 14.8. The molecule has 0 bridgehead atoms. The molecule has 1 fully saturated rings. The third kappa shape index (κ3) is 3.03. The lowest BCUT2D eigenvalue weighted by Gasteiger charge is -2.17. The fourth-order valence-corrected chi connectivity index (χ4v) is 3.04. The average Bonchev–Trinajstić information content (AvgIpc) is 3.29. The molecular weight excluding hydrogens is 272 g/mol. The van der Waals surface area contributed by atoms with E-state index in [4.69, 9.17) is 0 Å². The van der Waals surface area contributed by atoms with Gasteiger partial charge in [0.2, 0.25) is 5.91 Å². The van der Waals surface area contributed by atoms with E-state index in [0.717, 1.165) is 25.0 Å². The van der Waals surface area contributed by atoms with Gasteiger partial charge in [-0.2, -0.15) is 0 Å². The van der Waals surface area contributed by atoms with Crippen molar-refractivity contribution in [1.29, 1.82) is 0 Å². The average molecular weight is 294 g/mol. The fraction of sp³-hybridized carbons (Fsp3) is 0.368. The lowest BCUT2D eigenvalue weighted by Crippen LogP contribution is -2.36. The van der Waals surface area contributed by atoms with Gasteiger partial charge in [-0.1, -0.05) is 35.4 Å². The largest absolute Gasteiger partial charge is 0.355 e. The number of aromatic nitrogens is 1. The second-order valence-corrected chi connectivity index (χ2v) is 6.29. The van der Waals surface area contributed by atoms with Gasteiger partial charge in [0.1, 0.15) is 0 Å². The highest BCUT2D eigenvalue weighted by Gasteiger charge is 2.51. The third-order valence-electron chi connectivity index (χ3n) is 4.35. The standard InChI is InChI=1S/C19H22N2O/c1-14-11-15(2)13-16(12-14)19(7-8-19)18(22)21-10-6-17-5-3-4-9-20-17/h3-5,9,11-13H,6-8,10H2,1-2H3,(H,21,22). The van der Waals surface area contributed by atoms with Crippen molar-refractivity contribution >= 4 is 5.91 Å². The van der Waals surface area contributed by atoms with E-state index in [9.17, 15) is 4.79 Å². The van der Waals surface area contributed by atoms with E-state index in [0.29, 0.717) is 6.54 Å². The van der Waals surface area contributed by atoms with Crippen molar-refractivity contribution in [3.63, 3.8) is 0 Å². The van der Waals surface area contributed by atoms with Gasteiger partial charge in [-0.05, 0) is 44.4 Å². The van der Waals surface area contributed by atoms with Crippen molar-refractivity contribution in [3.05, 3.63) is 65.0 Å². The summed E-state index contributed by atoms with van der Waals surface area (Å²) < 4.78 is 0. The van der Waals surface area contributed by atoms with E-state index in [1.54, 1.807) is 6.20 Å². The highest BCUT2D eigenvalue weighted by Crippen LogP contribution is 2.48. The number of carbonyl (C=O) groups excluding carboxylic acids is 1. The van der Waals surface area contributed by atoms with E-state index in [1.165, 1.54) is 16.7 Å². The summed E-state index contributed by atoms with van der Waals surface area (Å²) in [5.74, 6) is 0.161. The molecule has 0 unspecified atom stereocenters. The summed E-state index contributed by atoms with van der Waals surface area (Å²) in [5, 5.41) is 3.09. The molecule has 1 aliphatic rings. The molecule has 3 heteroatoms. The Kier molecular flexibility index (Phi) is 3.97. The Morgan fingerprint density at radius 3 is 2.50 bits per heavy atom. The van der Waals surface area contributed by atoms with Crippen molar-refractivity contribution in [1.82, 2.24) is 10.3 Å². The number of amides is 1. The lowest BCUT2D eigenvalue weighted by molar-refractivity contribution is -0.123. The van der Waals surface area contributed by atoms with Crippen LogP contribution in [-0.4, -0.2) is 17.4 Å². The molecule has 1 heterocycles. The molecule has 1 aromatic heterocycles. The SMILES string of the molecule is Cc1cc(C)cc(C2(C(=O)NCCc3ccccn3)CC2)c1. The van der Waals surface area contributed by atoms with Crippen LogP contribution in [0.2, 0.25) is 0 Å². The molecule has 22 heavy (non-hydrogen) atoms.